The Hall–Kier alpha value is -3.04. The Bertz CT molecular complexity index is 1860. The lowest BCUT2D eigenvalue weighted by Crippen LogP contribution is -2.00. The molecule has 4 nitrogen and oxygen atoms in total. The number of halogens is 2. The van der Waals surface area contributed by atoms with Crippen molar-refractivity contribution in [2.45, 2.75) is 90.9 Å². The quantitative estimate of drug-likeness (QED) is 0.0718. The van der Waals surface area contributed by atoms with Crippen LogP contribution in [0.5, 0.6) is 11.5 Å². The largest absolute Gasteiger partial charge is 0.494 e. The summed E-state index contributed by atoms with van der Waals surface area (Å²) >= 11 is 10.8. The number of rotatable bonds is 20. The van der Waals surface area contributed by atoms with Crippen molar-refractivity contribution in [2.24, 2.45) is 0 Å². The van der Waals surface area contributed by atoms with Crippen LogP contribution in [-0.2, 0) is 0 Å². The number of nitrogens with zero attached hydrogens (tertiary/aromatic N) is 2. The van der Waals surface area contributed by atoms with Crippen LogP contribution in [0.2, 0.25) is 0 Å². The zero-order valence-corrected chi connectivity index (χ0v) is 35.1. The predicted octanol–water partition coefficient (Wildman–Crippen LogP) is 15.4. The Balaban J connectivity index is 1.35. The molecule has 6 aromatic rings. The van der Waals surface area contributed by atoms with Crippen molar-refractivity contribution < 1.29 is 9.47 Å². The first kappa shape index (κ1) is 38.7. The van der Waals surface area contributed by atoms with Crippen molar-refractivity contribution in [3.63, 3.8) is 0 Å². The molecule has 0 atom stereocenters. The Kier molecular flexibility index (Phi) is 14.8. The summed E-state index contributed by atoms with van der Waals surface area (Å²) in [5, 5.41) is 0. The lowest BCUT2D eigenvalue weighted by Gasteiger charge is -2.15. The number of unbranched alkanes of at least 4 members (excludes halogenated alkanes) is 10. The van der Waals surface area contributed by atoms with Gasteiger partial charge < -0.3 is 9.47 Å². The summed E-state index contributed by atoms with van der Waals surface area (Å²) in [7, 11) is 0. The van der Waals surface area contributed by atoms with Gasteiger partial charge in [-0.2, -0.15) is 0 Å². The number of benzene rings is 3. The van der Waals surface area contributed by atoms with Crippen LogP contribution in [-0.4, -0.2) is 23.2 Å². The number of thiophene rings is 2. The smallest absolute Gasteiger partial charge is 0.119 e. The Morgan fingerprint density at radius 1 is 0.462 bits per heavy atom. The van der Waals surface area contributed by atoms with Crippen LogP contribution in [0.1, 0.15) is 90.9 Å². The zero-order valence-electron chi connectivity index (χ0n) is 30.3. The fourth-order valence-electron chi connectivity index (χ4n) is 6.42. The first-order chi connectivity index (χ1) is 25.5. The highest BCUT2D eigenvalue weighted by Crippen LogP contribution is 2.43. The highest BCUT2D eigenvalue weighted by atomic mass is 79.9. The van der Waals surface area contributed by atoms with Crippen molar-refractivity contribution in [1.29, 1.82) is 0 Å². The van der Waals surface area contributed by atoms with E-state index in [9.17, 15) is 0 Å². The number of hydrogen-bond acceptors (Lipinski definition) is 6. The second-order valence-corrected chi connectivity index (χ2v) is 18.2. The van der Waals surface area contributed by atoms with Crippen LogP contribution >= 0.6 is 54.5 Å². The van der Waals surface area contributed by atoms with Crippen LogP contribution in [0.4, 0.5) is 0 Å². The third kappa shape index (κ3) is 10.3. The molecular formula is C44H48Br2N2O2S2. The molecule has 0 aliphatic rings. The van der Waals surface area contributed by atoms with Gasteiger partial charge in [-0.25, -0.2) is 9.97 Å². The van der Waals surface area contributed by atoms with Crippen molar-refractivity contribution >= 4 is 65.6 Å². The molecule has 0 unspecified atom stereocenters. The Morgan fingerprint density at radius 3 is 1.21 bits per heavy atom. The number of hydrogen-bond donors (Lipinski definition) is 0. The van der Waals surface area contributed by atoms with Crippen LogP contribution in [0, 0.1) is 0 Å². The molecule has 3 aromatic carbocycles. The Labute approximate surface area is 334 Å². The van der Waals surface area contributed by atoms with Crippen molar-refractivity contribution in [2.75, 3.05) is 13.2 Å². The van der Waals surface area contributed by atoms with E-state index in [-0.39, 0.29) is 0 Å². The minimum atomic E-state index is 0.737. The second kappa shape index (κ2) is 19.9. The molecule has 6 rings (SSSR count). The molecule has 0 aliphatic carbocycles. The summed E-state index contributed by atoms with van der Waals surface area (Å²) in [6.07, 6.45) is 14.9. The van der Waals surface area contributed by atoms with Gasteiger partial charge in [0, 0.05) is 32.0 Å². The average molecular weight is 861 g/mol. The maximum Gasteiger partial charge on any atom is 0.119 e. The molecule has 0 aliphatic heterocycles. The molecule has 0 spiro atoms. The van der Waals surface area contributed by atoms with Crippen molar-refractivity contribution in [1.82, 2.24) is 9.97 Å². The molecule has 52 heavy (non-hydrogen) atoms. The third-order valence-corrected chi connectivity index (χ3v) is 12.6. The number of aromatic nitrogens is 2. The van der Waals surface area contributed by atoms with E-state index in [0.717, 1.165) is 99.6 Å². The van der Waals surface area contributed by atoms with E-state index in [1.165, 1.54) is 64.2 Å². The SMILES string of the molecule is CCCCCCCCOc1ccc(-c2nc3c(-c4ccc(Br)s4)ccc(-c4ccc(Br)s4)c3nc2-c2ccc(OCCCCCCCC)cc2)cc1. The molecule has 0 amide bonds. The molecule has 272 valence electrons. The molecule has 3 aromatic heterocycles. The van der Waals surface area contributed by atoms with Gasteiger partial charge in [0.2, 0.25) is 0 Å². The summed E-state index contributed by atoms with van der Waals surface area (Å²) < 4.78 is 14.5. The molecule has 0 fully saturated rings. The fraction of sp³-hybridized carbons (Fsp3) is 0.364. The summed E-state index contributed by atoms with van der Waals surface area (Å²) in [6, 6.07) is 29.6. The van der Waals surface area contributed by atoms with Crippen LogP contribution in [0.25, 0.3) is 54.4 Å². The maximum absolute atomic E-state index is 6.16. The van der Waals surface area contributed by atoms with Gasteiger partial charge in [-0.15, -0.1) is 22.7 Å². The van der Waals surface area contributed by atoms with Gasteiger partial charge in [-0.05, 0) is 117 Å². The van der Waals surface area contributed by atoms with Gasteiger partial charge in [0.25, 0.3) is 0 Å². The van der Waals surface area contributed by atoms with Gasteiger partial charge in [0.05, 0.1) is 43.2 Å². The van der Waals surface area contributed by atoms with E-state index in [0.29, 0.717) is 0 Å². The predicted molar refractivity (Wildman–Crippen MR) is 230 cm³/mol. The van der Waals surface area contributed by atoms with E-state index < -0.39 is 0 Å². The van der Waals surface area contributed by atoms with Gasteiger partial charge in [-0.1, -0.05) is 90.2 Å². The Morgan fingerprint density at radius 2 is 0.846 bits per heavy atom. The van der Waals surface area contributed by atoms with Crippen LogP contribution < -0.4 is 9.47 Å². The van der Waals surface area contributed by atoms with E-state index in [1.54, 1.807) is 22.7 Å². The standard InChI is InChI=1S/C44H48Br2N2O2S2/c1-3-5-7-9-11-13-29-49-33-19-15-31(16-20-33)41-42(32-17-21-34(22-18-32)50-30-14-12-10-8-6-4-2)48-44-36(38-26-28-40(46)52-38)24-23-35(43(44)47-41)37-25-27-39(45)51-37/h15-28H,3-14,29-30H2,1-2H3. The first-order valence-electron chi connectivity index (χ1n) is 18.9. The molecule has 0 radical (unpaired) electrons. The summed E-state index contributed by atoms with van der Waals surface area (Å²) in [6.45, 7) is 5.99. The average Bonchev–Trinajstić information content (AvgIpc) is 3.81. The minimum absolute atomic E-state index is 0.737. The molecule has 0 N–H and O–H groups in total. The van der Waals surface area contributed by atoms with Crippen molar-refractivity contribution in [3.8, 4) is 54.9 Å². The van der Waals surface area contributed by atoms with Crippen molar-refractivity contribution in [3.05, 3.63) is 92.5 Å². The van der Waals surface area contributed by atoms with Gasteiger partial charge in [-0.3, -0.25) is 0 Å². The highest BCUT2D eigenvalue weighted by Gasteiger charge is 2.20. The summed E-state index contributed by atoms with van der Waals surface area (Å²) in [5.41, 5.74) is 7.61. The maximum atomic E-state index is 6.16. The van der Waals surface area contributed by atoms with E-state index in [2.05, 4.69) is 131 Å². The minimum Gasteiger partial charge on any atom is -0.494 e. The van der Waals surface area contributed by atoms with Gasteiger partial charge in [0.15, 0.2) is 0 Å². The van der Waals surface area contributed by atoms with E-state index in [1.807, 2.05) is 0 Å². The molecule has 0 saturated carbocycles. The monoisotopic (exact) mass is 858 g/mol. The van der Waals surface area contributed by atoms with E-state index >= 15 is 0 Å². The lowest BCUT2D eigenvalue weighted by molar-refractivity contribution is 0.304. The lowest BCUT2D eigenvalue weighted by atomic mass is 10.0. The normalized spacial score (nSPS) is 11.4. The third-order valence-electron chi connectivity index (χ3n) is 9.29. The van der Waals surface area contributed by atoms with Gasteiger partial charge >= 0.3 is 0 Å². The molecule has 0 bridgehead atoms. The second-order valence-electron chi connectivity index (χ2n) is 13.3. The summed E-state index contributed by atoms with van der Waals surface area (Å²) in [4.78, 5) is 13.3. The fourth-order valence-corrected chi connectivity index (χ4v) is 9.24. The van der Waals surface area contributed by atoms with Crippen LogP contribution in [0.3, 0.4) is 0 Å². The molecule has 8 heteroatoms. The zero-order chi connectivity index (χ0) is 36.1. The van der Waals surface area contributed by atoms with Gasteiger partial charge in [0.1, 0.15) is 11.5 Å². The molecule has 3 heterocycles. The number of fused-ring (bicyclic) bond motifs is 1. The van der Waals surface area contributed by atoms with E-state index in [4.69, 9.17) is 19.4 Å². The highest BCUT2D eigenvalue weighted by molar-refractivity contribution is 9.11. The first-order valence-corrected chi connectivity index (χ1v) is 22.1. The number of ether oxygens (including phenoxy) is 2. The summed E-state index contributed by atoms with van der Waals surface area (Å²) in [5.74, 6) is 1.77. The molecule has 0 saturated heterocycles. The topological polar surface area (TPSA) is 44.2 Å². The molecular weight excluding hydrogens is 812 g/mol. The van der Waals surface area contributed by atoms with Crippen LogP contribution in [0.15, 0.2) is 92.5 Å².